The first-order chi connectivity index (χ1) is 6.81. The molecule has 14 heavy (non-hydrogen) atoms. The lowest BCUT2D eigenvalue weighted by atomic mass is 10.3. The van der Waals surface area contributed by atoms with E-state index in [0.717, 1.165) is 5.84 Å². The zero-order chi connectivity index (χ0) is 9.97. The fourth-order valence-electron chi connectivity index (χ4n) is 1.49. The molecule has 0 aromatic carbocycles. The molecule has 0 fully saturated rings. The van der Waals surface area contributed by atoms with Gasteiger partial charge in [0.1, 0.15) is 5.84 Å². The molecular weight excluding hydrogens is 180 g/mol. The molecule has 1 atom stereocenters. The standard InChI is InChI=1S/C10H12N2O2/c1-2-14-10(13)8-7-12-6-4-3-5-9(12)11-8/h3-6,8H,2,7H2,1H3. The number of amidine groups is 1. The summed E-state index contributed by atoms with van der Waals surface area (Å²) in [5.74, 6) is 0.599. The molecular formula is C10H12N2O2. The smallest absolute Gasteiger partial charge is 0.332 e. The van der Waals surface area contributed by atoms with Crippen LogP contribution in [-0.2, 0) is 9.53 Å². The summed E-state index contributed by atoms with van der Waals surface area (Å²) in [6, 6.07) is -0.364. The van der Waals surface area contributed by atoms with Crippen LogP contribution in [0.2, 0.25) is 0 Å². The zero-order valence-corrected chi connectivity index (χ0v) is 8.01. The van der Waals surface area contributed by atoms with Gasteiger partial charge in [-0.3, -0.25) is 4.99 Å². The van der Waals surface area contributed by atoms with Crippen LogP contribution in [0.3, 0.4) is 0 Å². The molecule has 0 bridgehead atoms. The molecule has 0 saturated heterocycles. The normalized spacial score (nSPS) is 23.4. The average Bonchev–Trinajstić information content (AvgIpc) is 2.61. The number of hydrogen-bond donors (Lipinski definition) is 0. The first-order valence-corrected chi connectivity index (χ1v) is 4.67. The number of nitrogens with zero attached hydrogens (tertiary/aromatic N) is 2. The Labute approximate surface area is 82.6 Å². The molecule has 0 amide bonds. The molecule has 2 heterocycles. The quantitative estimate of drug-likeness (QED) is 0.605. The van der Waals surface area contributed by atoms with Gasteiger partial charge in [-0.15, -0.1) is 0 Å². The Kier molecular flexibility index (Phi) is 2.35. The molecule has 1 unspecified atom stereocenters. The van der Waals surface area contributed by atoms with Crippen LogP contribution in [0.4, 0.5) is 0 Å². The predicted octanol–water partition coefficient (Wildman–Crippen LogP) is 0.716. The van der Waals surface area contributed by atoms with Gasteiger partial charge in [-0.1, -0.05) is 6.08 Å². The Hall–Kier alpha value is -1.58. The number of ether oxygens (including phenoxy) is 1. The first-order valence-electron chi connectivity index (χ1n) is 4.67. The Morgan fingerprint density at radius 2 is 2.57 bits per heavy atom. The van der Waals surface area contributed by atoms with E-state index >= 15 is 0 Å². The van der Waals surface area contributed by atoms with Crippen LogP contribution in [0.5, 0.6) is 0 Å². The van der Waals surface area contributed by atoms with Crippen molar-refractivity contribution < 1.29 is 9.53 Å². The fourth-order valence-corrected chi connectivity index (χ4v) is 1.49. The van der Waals surface area contributed by atoms with Gasteiger partial charge in [0.25, 0.3) is 0 Å². The Balaban J connectivity index is 2.06. The minimum atomic E-state index is -0.364. The van der Waals surface area contributed by atoms with Gasteiger partial charge in [-0.05, 0) is 19.1 Å². The largest absolute Gasteiger partial charge is 0.464 e. The maximum absolute atomic E-state index is 11.4. The van der Waals surface area contributed by atoms with E-state index in [-0.39, 0.29) is 12.0 Å². The van der Waals surface area contributed by atoms with E-state index in [4.69, 9.17) is 4.74 Å². The van der Waals surface area contributed by atoms with E-state index in [0.29, 0.717) is 13.2 Å². The minimum Gasteiger partial charge on any atom is -0.464 e. The van der Waals surface area contributed by atoms with Crippen molar-refractivity contribution in [2.24, 2.45) is 4.99 Å². The third-order valence-electron chi connectivity index (χ3n) is 2.13. The molecule has 0 saturated carbocycles. The van der Waals surface area contributed by atoms with Crippen LogP contribution in [0.1, 0.15) is 6.92 Å². The molecule has 0 radical (unpaired) electrons. The predicted molar refractivity (Wildman–Crippen MR) is 52.8 cm³/mol. The summed E-state index contributed by atoms with van der Waals surface area (Å²) in [5.41, 5.74) is 0. The highest BCUT2D eigenvalue weighted by atomic mass is 16.5. The lowest BCUT2D eigenvalue weighted by Crippen LogP contribution is -2.28. The third kappa shape index (κ3) is 1.55. The van der Waals surface area contributed by atoms with Gasteiger partial charge in [-0.2, -0.15) is 0 Å². The minimum absolute atomic E-state index is 0.240. The Morgan fingerprint density at radius 3 is 3.29 bits per heavy atom. The van der Waals surface area contributed by atoms with Crippen molar-refractivity contribution in [1.82, 2.24) is 4.90 Å². The number of allylic oxidation sites excluding steroid dienone is 2. The zero-order valence-electron chi connectivity index (χ0n) is 8.01. The second kappa shape index (κ2) is 3.65. The van der Waals surface area contributed by atoms with Crippen molar-refractivity contribution in [3.8, 4) is 0 Å². The maximum atomic E-state index is 11.4. The van der Waals surface area contributed by atoms with Crippen molar-refractivity contribution in [2.45, 2.75) is 13.0 Å². The molecule has 2 rings (SSSR count). The molecule has 0 aliphatic carbocycles. The van der Waals surface area contributed by atoms with E-state index in [1.165, 1.54) is 0 Å². The second-order valence-electron chi connectivity index (χ2n) is 3.11. The van der Waals surface area contributed by atoms with Crippen LogP contribution in [0, 0.1) is 0 Å². The fraction of sp³-hybridized carbons (Fsp3) is 0.400. The monoisotopic (exact) mass is 192 g/mol. The average molecular weight is 192 g/mol. The van der Waals surface area contributed by atoms with Crippen molar-refractivity contribution in [3.05, 3.63) is 24.4 Å². The van der Waals surface area contributed by atoms with Crippen molar-refractivity contribution in [2.75, 3.05) is 13.2 Å². The summed E-state index contributed by atoms with van der Waals surface area (Å²) < 4.78 is 4.91. The van der Waals surface area contributed by atoms with E-state index in [9.17, 15) is 4.79 Å². The van der Waals surface area contributed by atoms with Gasteiger partial charge in [0, 0.05) is 6.20 Å². The van der Waals surface area contributed by atoms with Crippen LogP contribution in [0.25, 0.3) is 0 Å². The van der Waals surface area contributed by atoms with Gasteiger partial charge < -0.3 is 9.64 Å². The number of aliphatic imine (C=N–C) groups is 1. The summed E-state index contributed by atoms with van der Waals surface area (Å²) in [6.07, 6.45) is 7.63. The van der Waals surface area contributed by atoms with E-state index < -0.39 is 0 Å². The SMILES string of the molecule is CCOC(=O)C1CN2C=CC=CC2=N1. The van der Waals surface area contributed by atoms with Crippen LogP contribution in [0.15, 0.2) is 29.4 Å². The van der Waals surface area contributed by atoms with Gasteiger partial charge >= 0.3 is 5.97 Å². The Bertz CT molecular complexity index is 331. The molecule has 0 spiro atoms. The van der Waals surface area contributed by atoms with Crippen molar-refractivity contribution in [1.29, 1.82) is 0 Å². The highest BCUT2D eigenvalue weighted by Gasteiger charge is 2.29. The molecule has 4 heteroatoms. The Morgan fingerprint density at radius 1 is 1.71 bits per heavy atom. The number of esters is 1. The highest BCUT2D eigenvalue weighted by Crippen LogP contribution is 2.14. The van der Waals surface area contributed by atoms with Crippen LogP contribution in [-0.4, -0.2) is 35.9 Å². The summed E-state index contributed by atoms with van der Waals surface area (Å²) in [5, 5.41) is 0. The highest BCUT2D eigenvalue weighted by molar-refractivity contribution is 5.99. The third-order valence-corrected chi connectivity index (χ3v) is 2.13. The summed E-state index contributed by atoms with van der Waals surface area (Å²) >= 11 is 0. The maximum Gasteiger partial charge on any atom is 0.332 e. The molecule has 0 aromatic heterocycles. The lowest BCUT2D eigenvalue weighted by molar-refractivity contribution is -0.144. The van der Waals surface area contributed by atoms with E-state index in [2.05, 4.69) is 4.99 Å². The topological polar surface area (TPSA) is 41.9 Å². The molecule has 0 N–H and O–H groups in total. The molecule has 0 aromatic rings. The molecule has 2 aliphatic rings. The number of hydrogen-bond acceptors (Lipinski definition) is 4. The number of carbonyl (C=O) groups is 1. The van der Waals surface area contributed by atoms with Crippen LogP contribution < -0.4 is 0 Å². The number of rotatable bonds is 2. The van der Waals surface area contributed by atoms with E-state index in [1.54, 1.807) is 6.92 Å². The van der Waals surface area contributed by atoms with Crippen LogP contribution >= 0.6 is 0 Å². The van der Waals surface area contributed by atoms with Gasteiger partial charge in [-0.25, -0.2) is 4.79 Å². The summed E-state index contributed by atoms with van der Waals surface area (Å²) in [4.78, 5) is 17.6. The summed E-state index contributed by atoms with van der Waals surface area (Å²) in [7, 11) is 0. The molecule has 2 aliphatic heterocycles. The lowest BCUT2D eigenvalue weighted by Gasteiger charge is -2.15. The molecule has 74 valence electrons. The van der Waals surface area contributed by atoms with Gasteiger partial charge in [0.2, 0.25) is 0 Å². The second-order valence-corrected chi connectivity index (χ2v) is 3.11. The molecule has 4 nitrogen and oxygen atoms in total. The van der Waals surface area contributed by atoms with Gasteiger partial charge in [0.05, 0.1) is 13.2 Å². The van der Waals surface area contributed by atoms with Gasteiger partial charge in [0.15, 0.2) is 6.04 Å². The van der Waals surface area contributed by atoms with Crippen molar-refractivity contribution >= 4 is 11.8 Å². The number of fused-ring (bicyclic) bond motifs is 1. The number of carbonyl (C=O) groups excluding carboxylic acids is 1. The van der Waals surface area contributed by atoms with E-state index in [1.807, 2.05) is 29.3 Å². The first kappa shape index (κ1) is 8.99. The summed E-state index contributed by atoms with van der Waals surface area (Å²) in [6.45, 7) is 2.80. The van der Waals surface area contributed by atoms with Crippen molar-refractivity contribution in [3.63, 3.8) is 0 Å².